The highest BCUT2D eigenvalue weighted by Crippen LogP contribution is 2.33. The van der Waals surface area contributed by atoms with Gasteiger partial charge in [-0.3, -0.25) is 14.4 Å². The Labute approximate surface area is 270 Å². The van der Waals surface area contributed by atoms with E-state index in [-0.39, 0.29) is 59.2 Å². The molecular weight excluding hydrogens is 641 g/mol. The van der Waals surface area contributed by atoms with Crippen LogP contribution in [0.15, 0.2) is 47.1 Å². The number of ether oxygens (including phenoxy) is 1. The number of aliphatic carboxylic acids is 1. The lowest BCUT2D eigenvalue weighted by Gasteiger charge is -2.30. The molecule has 3 heterocycles. The summed E-state index contributed by atoms with van der Waals surface area (Å²) in [6, 6.07) is 8.52. The predicted octanol–water partition coefficient (Wildman–Crippen LogP) is 4.69. The number of nitrogens with one attached hydrogen (secondary N) is 1. The molecular formula is C32H35ClFN3O8S. The van der Waals surface area contributed by atoms with E-state index in [2.05, 4.69) is 5.32 Å². The molecule has 2 saturated heterocycles. The van der Waals surface area contributed by atoms with Crippen molar-refractivity contribution in [2.75, 3.05) is 30.8 Å². The number of amides is 2. The van der Waals surface area contributed by atoms with E-state index in [1.165, 1.54) is 16.6 Å². The quantitative estimate of drug-likeness (QED) is 0.332. The molecule has 1 aromatic heterocycles. The number of carbonyl (C=O) groups is 3. The average Bonchev–Trinajstić information content (AvgIpc) is 3.74. The molecule has 1 aliphatic carbocycles. The lowest BCUT2D eigenvalue weighted by atomic mass is 9.87. The molecule has 3 fully saturated rings. The summed E-state index contributed by atoms with van der Waals surface area (Å²) in [5.74, 6) is -2.80. The molecule has 246 valence electrons. The molecule has 2 atom stereocenters. The normalized spacial score (nSPS) is 24.8. The van der Waals surface area contributed by atoms with Gasteiger partial charge in [-0.1, -0.05) is 29.8 Å². The van der Waals surface area contributed by atoms with Gasteiger partial charge >= 0.3 is 5.97 Å². The summed E-state index contributed by atoms with van der Waals surface area (Å²) < 4.78 is 53.8. The smallest absolute Gasteiger partial charge is 0.306 e. The Morgan fingerprint density at radius 3 is 2.61 bits per heavy atom. The van der Waals surface area contributed by atoms with Gasteiger partial charge in [-0.05, 0) is 62.3 Å². The number of nitrogens with zero attached hydrogens (tertiary/aromatic N) is 2. The van der Waals surface area contributed by atoms with E-state index in [4.69, 9.17) is 20.8 Å². The van der Waals surface area contributed by atoms with Crippen molar-refractivity contribution in [3.05, 3.63) is 64.6 Å². The summed E-state index contributed by atoms with van der Waals surface area (Å²) in [6.07, 6.45) is 3.93. The first-order valence-corrected chi connectivity index (χ1v) is 17.4. The van der Waals surface area contributed by atoms with Crippen LogP contribution < -0.4 is 5.32 Å². The SMILES string of the molecule is O=C(Nc1cc(F)c(CC(=O)N2C[C@@H](N3CCCS3(=O)=O)C[C@H]2CO[C@H]2CC[C@H](C(=O)O)CC2)cc1Cl)c1coc2ccccc12. The summed E-state index contributed by atoms with van der Waals surface area (Å²) in [5.41, 5.74) is 0.860. The zero-order chi connectivity index (χ0) is 32.6. The van der Waals surface area contributed by atoms with Gasteiger partial charge in [-0.15, -0.1) is 0 Å². The third kappa shape index (κ3) is 6.78. The van der Waals surface area contributed by atoms with Crippen LogP contribution in [0.3, 0.4) is 0 Å². The zero-order valence-electron chi connectivity index (χ0n) is 25.0. The highest BCUT2D eigenvalue weighted by molar-refractivity contribution is 7.89. The number of carboxylic acid groups (broad SMARTS) is 1. The lowest BCUT2D eigenvalue weighted by molar-refractivity contribution is -0.144. The Balaban J connectivity index is 1.14. The molecule has 0 bridgehead atoms. The predicted molar refractivity (Wildman–Crippen MR) is 168 cm³/mol. The van der Waals surface area contributed by atoms with E-state index in [9.17, 15) is 27.9 Å². The van der Waals surface area contributed by atoms with Crippen LogP contribution in [0.4, 0.5) is 10.1 Å². The van der Waals surface area contributed by atoms with Crippen LogP contribution in [0.1, 0.15) is 54.4 Å². The van der Waals surface area contributed by atoms with Gasteiger partial charge in [0.1, 0.15) is 17.7 Å². The van der Waals surface area contributed by atoms with E-state index < -0.39 is 45.7 Å². The van der Waals surface area contributed by atoms with Crippen molar-refractivity contribution in [2.45, 2.75) is 63.1 Å². The molecule has 2 aromatic carbocycles. The van der Waals surface area contributed by atoms with Crippen molar-refractivity contribution in [3.8, 4) is 0 Å². The van der Waals surface area contributed by atoms with E-state index in [0.717, 1.165) is 6.07 Å². The standard InChI is InChI=1S/C32H35ClFN3O8S/c33-26-12-20(27(34)15-28(26)35-31(39)25-18-45-29-5-2-1-4-24(25)29)13-30(38)36-16-21(37-10-3-11-46(37,42)43)14-22(36)17-44-23-8-6-19(7-9-23)32(40)41/h1-2,4-5,12,15,18-19,21-23H,3,6-11,13-14,16-17H2,(H,35,39)(H,40,41)/t19-,21-,22-,23-/m0/s1. The Kier molecular flexibility index (Phi) is 9.38. The summed E-state index contributed by atoms with van der Waals surface area (Å²) in [6.45, 7) is 0.698. The minimum absolute atomic E-state index is 0.0330. The molecule has 3 aromatic rings. The Morgan fingerprint density at radius 2 is 1.89 bits per heavy atom. The fourth-order valence-corrected chi connectivity index (χ4v) is 8.76. The molecule has 14 heteroatoms. The molecule has 46 heavy (non-hydrogen) atoms. The van der Waals surface area contributed by atoms with Crippen LogP contribution >= 0.6 is 11.6 Å². The number of carboxylic acids is 1. The van der Waals surface area contributed by atoms with Crippen molar-refractivity contribution >= 4 is 56.1 Å². The molecule has 2 aliphatic heterocycles. The van der Waals surface area contributed by atoms with Crippen molar-refractivity contribution in [2.24, 2.45) is 5.92 Å². The number of fused-ring (bicyclic) bond motifs is 1. The first-order chi connectivity index (χ1) is 22.0. The van der Waals surface area contributed by atoms with Crippen LogP contribution in [0.5, 0.6) is 0 Å². The van der Waals surface area contributed by atoms with E-state index >= 15 is 4.39 Å². The molecule has 0 spiro atoms. The summed E-state index contributed by atoms with van der Waals surface area (Å²) in [7, 11) is -3.43. The number of halogens is 2. The lowest BCUT2D eigenvalue weighted by Crippen LogP contribution is -2.42. The van der Waals surface area contributed by atoms with Gasteiger partial charge in [0.2, 0.25) is 15.9 Å². The number of likely N-dealkylation sites (tertiary alicyclic amines) is 1. The van der Waals surface area contributed by atoms with Crippen LogP contribution in [0, 0.1) is 11.7 Å². The second-order valence-electron chi connectivity index (χ2n) is 12.2. The third-order valence-electron chi connectivity index (χ3n) is 9.26. The Morgan fingerprint density at radius 1 is 1.13 bits per heavy atom. The van der Waals surface area contributed by atoms with Crippen LogP contribution in [-0.2, 0) is 30.8 Å². The highest BCUT2D eigenvalue weighted by atomic mass is 35.5. The highest BCUT2D eigenvalue weighted by Gasteiger charge is 2.44. The number of furan rings is 1. The van der Waals surface area contributed by atoms with Gasteiger partial charge in [0.05, 0.1) is 53.1 Å². The fourth-order valence-electron chi connectivity index (χ4n) is 6.78. The molecule has 1 saturated carbocycles. The number of benzene rings is 2. The van der Waals surface area contributed by atoms with Gasteiger partial charge < -0.3 is 24.5 Å². The second-order valence-corrected chi connectivity index (χ2v) is 14.7. The maximum atomic E-state index is 15.4. The topological polar surface area (TPSA) is 146 Å². The van der Waals surface area contributed by atoms with E-state index in [1.807, 2.05) is 0 Å². The number of hydrogen-bond donors (Lipinski definition) is 2. The number of anilines is 1. The van der Waals surface area contributed by atoms with Crippen LogP contribution in [0.2, 0.25) is 5.02 Å². The van der Waals surface area contributed by atoms with E-state index in [0.29, 0.717) is 56.0 Å². The first-order valence-electron chi connectivity index (χ1n) is 15.4. The molecule has 11 nitrogen and oxygen atoms in total. The van der Waals surface area contributed by atoms with Crippen molar-refractivity contribution < 1.29 is 41.5 Å². The second kappa shape index (κ2) is 13.3. The summed E-state index contributed by atoms with van der Waals surface area (Å²) in [4.78, 5) is 39.5. The minimum atomic E-state index is -3.43. The minimum Gasteiger partial charge on any atom is -0.481 e. The summed E-state index contributed by atoms with van der Waals surface area (Å²) >= 11 is 6.44. The van der Waals surface area contributed by atoms with Crippen molar-refractivity contribution in [1.82, 2.24) is 9.21 Å². The van der Waals surface area contributed by atoms with Crippen molar-refractivity contribution in [1.29, 1.82) is 0 Å². The number of para-hydroxylation sites is 1. The third-order valence-corrected chi connectivity index (χ3v) is 11.6. The monoisotopic (exact) mass is 675 g/mol. The maximum Gasteiger partial charge on any atom is 0.306 e. The first kappa shape index (κ1) is 32.4. The Hall–Kier alpha value is -3.52. The fraction of sp³-hybridized carbons (Fsp3) is 0.469. The van der Waals surface area contributed by atoms with Gasteiger partial charge in [-0.25, -0.2) is 12.8 Å². The van der Waals surface area contributed by atoms with Gasteiger partial charge in [0, 0.05) is 24.5 Å². The maximum absolute atomic E-state index is 15.4. The molecule has 6 rings (SSSR count). The van der Waals surface area contributed by atoms with Gasteiger partial charge in [0.25, 0.3) is 5.91 Å². The number of carbonyl (C=O) groups excluding carboxylic acids is 2. The van der Waals surface area contributed by atoms with Crippen molar-refractivity contribution in [3.63, 3.8) is 0 Å². The largest absolute Gasteiger partial charge is 0.481 e. The molecule has 3 aliphatic rings. The molecule has 2 amide bonds. The Bertz CT molecular complexity index is 1760. The zero-order valence-corrected chi connectivity index (χ0v) is 26.6. The van der Waals surface area contributed by atoms with Gasteiger partial charge in [-0.2, -0.15) is 4.31 Å². The van der Waals surface area contributed by atoms with Crippen LogP contribution in [0.25, 0.3) is 11.0 Å². The summed E-state index contributed by atoms with van der Waals surface area (Å²) in [5, 5.41) is 12.5. The average molecular weight is 676 g/mol. The molecule has 0 radical (unpaired) electrons. The number of sulfonamides is 1. The van der Waals surface area contributed by atoms with E-state index in [1.54, 1.807) is 29.2 Å². The number of rotatable bonds is 9. The molecule has 0 unspecified atom stereocenters. The van der Waals surface area contributed by atoms with Gasteiger partial charge in [0.15, 0.2) is 0 Å². The van der Waals surface area contributed by atoms with Crippen LogP contribution in [-0.4, -0.2) is 84.2 Å². The molecule has 2 N–H and O–H groups in total. The number of hydrogen-bond acceptors (Lipinski definition) is 7.